The van der Waals surface area contributed by atoms with Crippen LogP contribution in [0.3, 0.4) is 0 Å². The zero-order valence-electron chi connectivity index (χ0n) is 22.1. The summed E-state index contributed by atoms with van der Waals surface area (Å²) < 4.78 is 47.3. The molecule has 0 unspecified atom stereocenters. The predicted octanol–water partition coefficient (Wildman–Crippen LogP) is 5.39. The van der Waals surface area contributed by atoms with Gasteiger partial charge >= 0.3 is 6.03 Å². The van der Waals surface area contributed by atoms with Crippen LogP contribution in [0.2, 0.25) is 0 Å². The van der Waals surface area contributed by atoms with Crippen molar-refractivity contribution in [2.24, 2.45) is 7.05 Å². The number of carbonyl (C=O) groups excluding carboxylic acids is 1. The lowest BCUT2D eigenvalue weighted by atomic mass is 9.86. The molecule has 0 radical (unpaired) electrons. The molecule has 1 aliphatic carbocycles. The molecule has 3 aromatic heterocycles. The van der Waals surface area contributed by atoms with E-state index in [-0.39, 0.29) is 31.3 Å². The summed E-state index contributed by atoms with van der Waals surface area (Å²) in [4.78, 5) is 23.7. The summed E-state index contributed by atoms with van der Waals surface area (Å²) in [5.74, 6) is -2.57. The van der Waals surface area contributed by atoms with Crippen molar-refractivity contribution in [2.75, 3.05) is 13.6 Å². The lowest BCUT2D eigenvalue weighted by Crippen LogP contribution is -2.43. The van der Waals surface area contributed by atoms with E-state index in [1.807, 2.05) is 30.8 Å². The number of nitrogens with zero attached hydrogens (tertiary/aromatic N) is 6. The van der Waals surface area contributed by atoms with Gasteiger partial charge in [-0.2, -0.15) is 5.10 Å². The second-order valence-corrected chi connectivity index (χ2v) is 10.5. The van der Waals surface area contributed by atoms with Gasteiger partial charge in [0.25, 0.3) is 0 Å². The summed E-state index contributed by atoms with van der Waals surface area (Å²) in [6, 6.07) is 4.81. The smallest absolute Gasteiger partial charge is 0.317 e. The van der Waals surface area contributed by atoms with Crippen LogP contribution in [0.25, 0.3) is 33.3 Å². The van der Waals surface area contributed by atoms with Gasteiger partial charge in [-0.25, -0.2) is 22.9 Å². The largest absolute Gasteiger partial charge is 0.341 e. The van der Waals surface area contributed by atoms with Crippen LogP contribution < -0.4 is 5.32 Å². The zero-order valence-corrected chi connectivity index (χ0v) is 22.1. The average molecular weight is 538 g/mol. The lowest BCUT2D eigenvalue weighted by molar-refractivity contribution is -0.0390. The fourth-order valence-corrected chi connectivity index (χ4v) is 5.97. The molecule has 0 saturated heterocycles. The fraction of sp³-hybridized carbons (Fsp3) is 0.429. The first kappa shape index (κ1) is 25.4. The van der Waals surface area contributed by atoms with Gasteiger partial charge in [0.15, 0.2) is 0 Å². The first-order valence-electron chi connectivity index (χ1n) is 13.2. The first-order chi connectivity index (χ1) is 18.6. The summed E-state index contributed by atoms with van der Waals surface area (Å²) in [6.07, 6.45) is 3.80. The molecule has 8 nitrogen and oxygen atoms in total. The number of nitrogens with one attached hydrogen (secondary N) is 1. The Morgan fingerprint density at radius 1 is 1.18 bits per heavy atom. The third kappa shape index (κ3) is 4.43. The highest BCUT2D eigenvalue weighted by Crippen LogP contribution is 2.43. The van der Waals surface area contributed by atoms with E-state index in [1.54, 1.807) is 28.9 Å². The molecule has 39 heavy (non-hydrogen) atoms. The molecule has 11 heteroatoms. The van der Waals surface area contributed by atoms with Gasteiger partial charge in [-0.15, -0.1) is 0 Å². The molecule has 2 amide bonds. The Morgan fingerprint density at radius 3 is 2.64 bits per heavy atom. The fourth-order valence-electron chi connectivity index (χ4n) is 5.97. The lowest BCUT2D eigenvalue weighted by Gasteiger charge is -2.32. The van der Waals surface area contributed by atoms with Gasteiger partial charge < -0.3 is 14.8 Å². The molecule has 0 atom stereocenters. The van der Waals surface area contributed by atoms with Crippen molar-refractivity contribution in [1.29, 1.82) is 0 Å². The molecular formula is C28H30F3N7O. The van der Waals surface area contributed by atoms with Crippen molar-refractivity contribution in [3.05, 3.63) is 53.6 Å². The van der Waals surface area contributed by atoms with Gasteiger partial charge in [-0.05, 0) is 37.3 Å². The number of rotatable bonds is 3. The molecule has 1 fully saturated rings. The molecule has 4 heterocycles. The number of imidazole rings is 1. The normalized spacial score (nSPS) is 17.4. The van der Waals surface area contributed by atoms with E-state index in [0.29, 0.717) is 54.1 Å². The second-order valence-electron chi connectivity index (χ2n) is 10.5. The van der Waals surface area contributed by atoms with E-state index >= 15 is 4.39 Å². The summed E-state index contributed by atoms with van der Waals surface area (Å²) >= 11 is 0. The molecule has 6 rings (SSSR count). The number of amides is 2. The molecule has 1 saturated carbocycles. The van der Waals surface area contributed by atoms with Gasteiger partial charge in [0, 0.05) is 74.9 Å². The van der Waals surface area contributed by atoms with Crippen LogP contribution in [0, 0.1) is 12.7 Å². The number of aryl methyl sites for hydroxylation is 2. The number of hydrogen-bond acceptors (Lipinski definition) is 4. The van der Waals surface area contributed by atoms with Crippen LogP contribution in [0.4, 0.5) is 18.0 Å². The minimum absolute atomic E-state index is 0.153. The van der Waals surface area contributed by atoms with Crippen molar-refractivity contribution in [2.45, 2.75) is 57.5 Å². The van der Waals surface area contributed by atoms with Gasteiger partial charge in [-0.1, -0.05) is 6.07 Å². The summed E-state index contributed by atoms with van der Waals surface area (Å²) in [7, 11) is 3.42. The Hall–Kier alpha value is -3.89. The number of urea groups is 1. The third-order valence-corrected chi connectivity index (χ3v) is 8.00. The maximum Gasteiger partial charge on any atom is 0.317 e. The highest BCUT2D eigenvalue weighted by molar-refractivity contribution is 5.97. The summed E-state index contributed by atoms with van der Waals surface area (Å²) in [5, 5.41) is 8.44. The number of aromatic nitrogens is 5. The van der Waals surface area contributed by atoms with Crippen molar-refractivity contribution < 1.29 is 18.0 Å². The van der Waals surface area contributed by atoms with Gasteiger partial charge in [-0.3, -0.25) is 9.67 Å². The number of pyridine rings is 1. The molecule has 1 aromatic carbocycles. The Balaban J connectivity index is 1.49. The van der Waals surface area contributed by atoms with Crippen LogP contribution in [-0.2, 0) is 20.1 Å². The highest BCUT2D eigenvalue weighted by Gasteiger charge is 2.39. The van der Waals surface area contributed by atoms with Crippen LogP contribution in [0.1, 0.15) is 48.8 Å². The Labute approximate surface area is 223 Å². The second kappa shape index (κ2) is 9.39. The predicted molar refractivity (Wildman–Crippen MR) is 141 cm³/mol. The van der Waals surface area contributed by atoms with Crippen LogP contribution in [0.15, 0.2) is 30.6 Å². The molecule has 0 spiro atoms. The third-order valence-electron chi connectivity index (χ3n) is 8.00. The first-order valence-corrected chi connectivity index (χ1v) is 13.2. The summed E-state index contributed by atoms with van der Waals surface area (Å²) in [5.41, 5.74) is 3.91. The topological polar surface area (TPSA) is 80.9 Å². The van der Waals surface area contributed by atoms with Crippen molar-refractivity contribution in [3.8, 4) is 22.5 Å². The van der Waals surface area contributed by atoms with Crippen LogP contribution >= 0.6 is 0 Å². The molecule has 0 bridgehead atoms. The maximum absolute atomic E-state index is 15.7. The van der Waals surface area contributed by atoms with E-state index in [0.717, 1.165) is 22.3 Å². The number of alkyl halides is 2. The SMILES string of the molecule is CNC(=O)N1CCn2c(C3CCC(F)(F)CC3)nc(-c3c(F)ccc4cc(-c5cn(C)nc5C)ncc34)c2C1. The van der Waals surface area contributed by atoms with Gasteiger partial charge in [0.05, 0.1) is 29.3 Å². The molecule has 2 aliphatic rings. The number of benzene rings is 1. The molecule has 4 aromatic rings. The standard InChI is InChI=1S/C28H30F3N7O/c1-16-20(14-36(3)35-16)22-12-18-4-5-21(29)24(19(18)13-33-22)25-23-15-37(27(39)32-2)10-11-38(23)26(34-25)17-6-8-28(30,31)9-7-17/h4-5,12-14,17H,6-11,15H2,1-3H3,(H,32,39). The molecule has 1 aliphatic heterocycles. The quantitative estimate of drug-likeness (QED) is 0.380. The average Bonchev–Trinajstić information content (AvgIpc) is 3.46. The van der Waals surface area contributed by atoms with Crippen LogP contribution in [-0.4, -0.2) is 54.8 Å². The number of hydrogen-bond donors (Lipinski definition) is 1. The van der Waals surface area contributed by atoms with Gasteiger partial charge in [0.1, 0.15) is 11.6 Å². The molecular weight excluding hydrogens is 507 g/mol. The van der Waals surface area contributed by atoms with Crippen LogP contribution in [0.5, 0.6) is 0 Å². The Bertz CT molecular complexity index is 1580. The van der Waals surface area contributed by atoms with Crippen molar-refractivity contribution in [3.63, 3.8) is 0 Å². The monoisotopic (exact) mass is 537 g/mol. The van der Waals surface area contributed by atoms with Crippen molar-refractivity contribution in [1.82, 2.24) is 34.5 Å². The number of fused-ring (bicyclic) bond motifs is 2. The van der Waals surface area contributed by atoms with E-state index in [9.17, 15) is 13.6 Å². The minimum Gasteiger partial charge on any atom is -0.341 e. The van der Waals surface area contributed by atoms with E-state index in [2.05, 4.69) is 15.4 Å². The highest BCUT2D eigenvalue weighted by atomic mass is 19.3. The van der Waals surface area contributed by atoms with E-state index in [1.165, 1.54) is 6.07 Å². The number of halogens is 3. The Morgan fingerprint density at radius 2 is 1.95 bits per heavy atom. The zero-order chi connectivity index (χ0) is 27.5. The molecule has 1 N–H and O–H groups in total. The Kier molecular flexibility index (Phi) is 6.11. The molecule has 204 valence electrons. The van der Waals surface area contributed by atoms with E-state index in [4.69, 9.17) is 4.98 Å². The maximum atomic E-state index is 15.7. The van der Waals surface area contributed by atoms with Crippen molar-refractivity contribution >= 4 is 16.8 Å². The summed E-state index contributed by atoms with van der Waals surface area (Å²) in [6.45, 7) is 3.06. The van der Waals surface area contributed by atoms with Gasteiger partial charge in [0.2, 0.25) is 5.92 Å². The van der Waals surface area contributed by atoms with E-state index < -0.39 is 11.7 Å². The minimum atomic E-state index is -2.66. The number of carbonyl (C=O) groups is 1.